The van der Waals surface area contributed by atoms with Gasteiger partial charge in [0.1, 0.15) is 46.0 Å². The number of nitrogens with zero attached hydrogens (tertiary/aromatic N) is 1. The zero-order chi connectivity index (χ0) is 34.2. The first-order valence-corrected chi connectivity index (χ1v) is 13.7. The normalized spacial score (nSPS) is 22.9. The van der Waals surface area contributed by atoms with Crippen LogP contribution in [0.15, 0.2) is 74.9 Å². The number of carbonyl (C=O) groups is 1. The molecule has 0 unspecified atom stereocenters. The van der Waals surface area contributed by atoms with Crippen LogP contribution in [0.4, 0.5) is 0 Å². The highest BCUT2D eigenvalue weighted by Gasteiger charge is 2.58. The van der Waals surface area contributed by atoms with Crippen molar-refractivity contribution >= 4 is 34.7 Å². The molecule has 1 aliphatic rings. The highest BCUT2D eigenvalue weighted by atomic mass is 16.7. The van der Waals surface area contributed by atoms with Crippen molar-refractivity contribution < 1.29 is 59.5 Å². The van der Waals surface area contributed by atoms with Crippen LogP contribution in [0.25, 0.3) is 34.1 Å². The molecular formula is C31H29N3O13. The third kappa shape index (κ3) is 6.21. The fourth-order valence-electron chi connectivity index (χ4n) is 5.02. The second-order valence-corrected chi connectivity index (χ2v) is 10.6. The van der Waals surface area contributed by atoms with E-state index in [-0.39, 0.29) is 34.0 Å². The molecule has 246 valence electrons. The number of aliphatic hydroxyl groups excluding tert-OH is 3. The quantitative estimate of drug-likeness (QED) is 0.0409. The van der Waals surface area contributed by atoms with Crippen molar-refractivity contribution in [2.45, 2.75) is 30.2 Å². The van der Waals surface area contributed by atoms with E-state index in [9.17, 15) is 50.4 Å². The highest BCUT2D eigenvalue weighted by molar-refractivity contribution is 5.91. The van der Waals surface area contributed by atoms with E-state index in [0.717, 1.165) is 12.1 Å². The van der Waals surface area contributed by atoms with Gasteiger partial charge in [-0.1, -0.05) is 30.3 Å². The number of nitrogens with two attached hydrogens (primary N) is 2. The number of hydrogen-bond donors (Lipinski definition) is 10. The Labute approximate surface area is 263 Å². The number of aliphatic imine (C=N–C) groups is 1. The number of phenolic OH excluding ortho intramolecular Hbond substituents is 3. The second kappa shape index (κ2) is 12.5. The van der Waals surface area contributed by atoms with Gasteiger partial charge >= 0.3 is 5.97 Å². The molecule has 47 heavy (non-hydrogen) atoms. The van der Waals surface area contributed by atoms with E-state index in [2.05, 4.69) is 4.99 Å². The predicted octanol–water partition coefficient (Wildman–Crippen LogP) is 0.548. The third-order valence-corrected chi connectivity index (χ3v) is 7.43. The first-order valence-electron chi connectivity index (χ1n) is 13.7. The molecule has 0 saturated carbocycles. The lowest BCUT2D eigenvalue weighted by molar-refractivity contribution is -0.303. The molecule has 0 aliphatic carbocycles. The number of hydrogen-bond acceptors (Lipinski definition) is 13. The van der Waals surface area contributed by atoms with Gasteiger partial charge in [-0.2, -0.15) is 0 Å². The van der Waals surface area contributed by atoms with Crippen molar-refractivity contribution in [2.75, 3.05) is 6.54 Å². The average Bonchev–Trinajstić information content (AvgIpc) is 3.02. The summed E-state index contributed by atoms with van der Waals surface area (Å²) in [6.07, 6.45) is -7.40. The maximum Gasteiger partial charge on any atom is 0.335 e. The molecule has 0 bridgehead atoms. The Hall–Kier alpha value is -5.81. The number of aliphatic hydroxyl groups is 4. The Kier molecular flexibility index (Phi) is 8.68. The van der Waals surface area contributed by atoms with E-state index in [1.807, 2.05) is 0 Å². The summed E-state index contributed by atoms with van der Waals surface area (Å²) in [6.45, 7) is -0.890. The number of fused-ring (bicyclic) bond motifs is 1. The zero-order valence-electron chi connectivity index (χ0n) is 24.1. The highest BCUT2D eigenvalue weighted by Crippen LogP contribution is 2.44. The lowest BCUT2D eigenvalue weighted by atomic mass is 9.84. The van der Waals surface area contributed by atoms with Crippen LogP contribution in [0.5, 0.6) is 23.0 Å². The van der Waals surface area contributed by atoms with E-state index >= 15 is 0 Å². The van der Waals surface area contributed by atoms with E-state index in [4.69, 9.17) is 25.4 Å². The number of guanidine groups is 1. The summed E-state index contributed by atoms with van der Waals surface area (Å²) in [4.78, 5) is 28.5. The van der Waals surface area contributed by atoms with Gasteiger partial charge in [-0.3, -0.25) is 9.79 Å². The minimum absolute atomic E-state index is 0.0629. The van der Waals surface area contributed by atoms with Crippen LogP contribution >= 0.6 is 0 Å². The standard InChI is InChI=1S/C31H29N3O13/c32-30(33)34-12-31(44)26(40)25(28(42)43)47-29(27(31)41)46-21-11-20-22(24(39)23(21)38)18(37)10-19(45-20)15-7-6-14(35)9-16(15)17(36)8-13-4-2-1-3-5-13/h1-11,25-27,29,35-36,38-41,44H,12H2,(H,42,43)(H4,32,33,34)/b17-8-/t25-,26+,27-,29+,31-/m0/s1. The van der Waals surface area contributed by atoms with Gasteiger partial charge in [-0.25, -0.2) is 4.79 Å². The molecule has 0 radical (unpaired) electrons. The molecule has 0 spiro atoms. The van der Waals surface area contributed by atoms with E-state index in [0.29, 0.717) is 5.56 Å². The summed E-state index contributed by atoms with van der Waals surface area (Å²) in [5.74, 6) is -5.77. The number of carboxylic acids is 1. The van der Waals surface area contributed by atoms with Crippen molar-refractivity contribution in [1.29, 1.82) is 0 Å². The van der Waals surface area contributed by atoms with Crippen molar-refractivity contribution in [3.05, 3.63) is 82.0 Å². The van der Waals surface area contributed by atoms with Crippen molar-refractivity contribution in [3.8, 4) is 34.3 Å². The van der Waals surface area contributed by atoms with Crippen LogP contribution in [0.3, 0.4) is 0 Å². The molecule has 5 atom stereocenters. The summed E-state index contributed by atoms with van der Waals surface area (Å²) in [5.41, 5.74) is 7.41. The summed E-state index contributed by atoms with van der Waals surface area (Å²) in [7, 11) is 0. The topological polar surface area (TPSA) is 292 Å². The Morgan fingerprint density at radius 1 is 0.979 bits per heavy atom. The van der Waals surface area contributed by atoms with Crippen molar-refractivity contribution in [3.63, 3.8) is 0 Å². The molecule has 1 saturated heterocycles. The Morgan fingerprint density at radius 3 is 2.34 bits per heavy atom. The SMILES string of the molecule is NC(N)=NC[C@]1(O)[C@H](O)[C@@H](C(=O)O)O[C@@H](Oc2cc3oc(-c4ccc(O)cc4/C(O)=C/c4ccccc4)cc(=O)c3c(O)c2O)[C@@H]1O. The smallest absolute Gasteiger partial charge is 0.335 e. The maximum atomic E-state index is 13.2. The van der Waals surface area contributed by atoms with Crippen LogP contribution in [-0.4, -0.2) is 89.5 Å². The van der Waals surface area contributed by atoms with E-state index in [1.165, 1.54) is 24.3 Å². The van der Waals surface area contributed by atoms with Gasteiger partial charge < -0.3 is 66.2 Å². The molecule has 1 aromatic heterocycles. The number of aliphatic carboxylic acids is 1. The molecule has 2 heterocycles. The van der Waals surface area contributed by atoms with E-state index < -0.39 is 76.7 Å². The summed E-state index contributed by atoms with van der Waals surface area (Å²) >= 11 is 0. The number of carboxylic acid groups (broad SMARTS) is 1. The molecule has 3 aromatic carbocycles. The minimum atomic E-state index is -2.74. The number of rotatable bonds is 8. The summed E-state index contributed by atoms with van der Waals surface area (Å²) in [5, 5.41) is 84.0. The molecule has 1 aliphatic heterocycles. The molecule has 16 heteroatoms. The van der Waals surface area contributed by atoms with Gasteiger partial charge in [0.25, 0.3) is 0 Å². The van der Waals surface area contributed by atoms with Gasteiger partial charge in [-0.05, 0) is 29.8 Å². The van der Waals surface area contributed by atoms with Crippen LogP contribution in [-0.2, 0) is 9.53 Å². The molecule has 1 fully saturated rings. The van der Waals surface area contributed by atoms with Crippen LogP contribution in [0, 0.1) is 0 Å². The van der Waals surface area contributed by atoms with Crippen molar-refractivity contribution in [1.82, 2.24) is 0 Å². The lowest BCUT2D eigenvalue weighted by Crippen LogP contribution is -2.70. The van der Waals surface area contributed by atoms with Crippen LogP contribution in [0.2, 0.25) is 0 Å². The van der Waals surface area contributed by atoms with Gasteiger partial charge in [0.05, 0.1) is 6.54 Å². The monoisotopic (exact) mass is 651 g/mol. The Bertz CT molecular complexity index is 1960. The molecule has 16 nitrogen and oxygen atoms in total. The Balaban J connectivity index is 1.59. The lowest BCUT2D eigenvalue weighted by Gasteiger charge is -2.45. The van der Waals surface area contributed by atoms with Gasteiger partial charge in [-0.15, -0.1) is 0 Å². The number of benzene rings is 3. The molecular weight excluding hydrogens is 622 g/mol. The first kappa shape index (κ1) is 32.6. The fraction of sp³-hybridized carbons (Fsp3) is 0.194. The van der Waals surface area contributed by atoms with Crippen LogP contribution < -0.4 is 21.6 Å². The average molecular weight is 652 g/mol. The van der Waals surface area contributed by atoms with Gasteiger partial charge in [0.15, 0.2) is 29.0 Å². The predicted molar refractivity (Wildman–Crippen MR) is 164 cm³/mol. The first-order chi connectivity index (χ1) is 22.2. The number of ether oxygens (including phenoxy) is 2. The molecule has 4 aromatic rings. The zero-order valence-corrected chi connectivity index (χ0v) is 24.1. The Morgan fingerprint density at radius 2 is 1.68 bits per heavy atom. The second-order valence-electron chi connectivity index (χ2n) is 10.6. The fourth-order valence-corrected chi connectivity index (χ4v) is 5.02. The number of phenols is 3. The third-order valence-electron chi connectivity index (χ3n) is 7.43. The van der Waals surface area contributed by atoms with Crippen LogP contribution in [0.1, 0.15) is 11.1 Å². The van der Waals surface area contributed by atoms with Gasteiger partial charge in [0.2, 0.25) is 12.0 Å². The number of aromatic hydroxyl groups is 3. The maximum absolute atomic E-state index is 13.2. The largest absolute Gasteiger partial charge is 0.508 e. The molecule has 5 rings (SSSR count). The van der Waals surface area contributed by atoms with E-state index in [1.54, 1.807) is 30.3 Å². The molecule has 0 amide bonds. The van der Waals surface area contributed by atoms with Gasteiger partial charge in [0, 0.05) is 23.3 Å². The summed E-state index contributed by atoms with van der Waals surface area (Å²) < 4.78 is 16.5. The molecule has 12 N–H and O–H groups in total. The van der Waals surface area contributed by atoms with Crippen molar-refractivity contribution in [2.24, 2.45) is 16.5 Å². The minimum Gasteiger partial charge on any atom is -0.508 e. The summed E-state index contributed by atoms with van der Waals surface area (Å²) in [6, 6.07) is 14.5.